The molecule has 0 bridgehead atoms. The van der Waals surface area contributed by atoms with Crippen LogP contribution in [0.5, 0.6) is 0 Å². The van der Waals surface area contributed by atoms with Crippen molar-refractivity contribution in [1.82, 2.24) is 9.80 Å². The number of primary amides is 1. The van der Waals surface area contributed by atoms with E-state index in [1.807, 2.05) is 0 Å². The van der Waals surface area contributed by atoms with Crippen LogP contribution in [0.4, 0.5) is 0 Å². The molecule has 2 aliphatic heterocycles. The quantitative estimate of drug-likeness (QED) is 0.696. The number of nitrogens with zero attached hydrogens (tertiary/aromatic N) is 2. The van der Waals surface area contributed by atoms with Gasteiger partial charge in [-0.15, -0.1) is 0 Å². The Bertz CT molecular complexity index is 340. The number of nitrogens with two attached hydrogens (primary N) is 2. The van der Waals surface area contributed by atoms with E-state index in [0.717, 1.165) is 45.3 Å². The zero-order chi connectivity index (χ0) is 13.8. The average molecular weight is 268 g/mol. The molecule has 0 radical (unpaired) electrons. The SMILES string of the molecule is NC(=O)C1CCCN(C(=O)CN2CCC(N)CC2)C1. The first-order valence-electron chi connectivity index (χ1n) is 7.11. The Labute approximate surface area is 114 Å². The lowest BCUT2D eigenvalue weighted by molar-refractivity contribution is -0.136. The molecule has 0 saturated carbocycles. The number of carbonyl (C=O) groups is 2. The van der Waals surface area contributed by atoms with Crippen LogP contribution in [0.3, 0.4) is 0 Å². The number of hydrogen-bond donors (Lipinski definition) is 2. The largest absolute Gasteiger partial charge is 0.369 e. The number of piperidine rings is 2. The molecule has 108 valence electrons. The van der Waals surface area contributed by atoms with Crippen molar-refractivity contribution in [2.24, 2.45) is 17.4 Å². The lowest BCUT2D eigenvalue weighted by atomic mass is 9.97. The van der Waals surface area contributed by atoms with Crippen LogP contribution in [0.2, 0.25) is 0 Å². The van der Waals surface area contributed by atoms with E-state index in [-0.39, 0.29) is 23.8 Å². The molecule has 1 atom stereocenters. The van der Waals surface area contributed by atoms with Gasteiger partial charge in [-0.1, -0.05) is 0 Å². The molecule has 2 saturated heterocycles. The minimum atomic E-state index is -0.290. The summed E-state index contributed by atoms with van der Waals surface area (Å²) in [4.78, 5) is 27.4. The number of hydrogen-bond acceptors (Lipinski definition) is 4. The molecule has 2 rings (SSSR count). The van der Waals surface area contributed by atoms with Crippen molar-refractivity contribution in [3.05, 3.63) is 0 Å². The van der Waals surface area contributed by atoms with E-state index in [2.05, 4.69) is 4.90 Å². The highest BCUT2D eigenvalue weighted by Gasteiger charge is 2.28. The Morgan fingerprint density at radius 3 is 2.42 bits per heavy atom. The van der Waals surface area contributed by atoms with Gasteiger partial charge in [0, 0.05) is 32.2 Å². The van der Waals surface area contributed by atoms with Crippen LogP contribution in [0.25, 0.3) is 0 Å². The summed E-state index contributed by atoms with van der Waals surface area (Å²) in [5.41, 5.74) is 11.2. The first-order chi connectivity index (χ1) is 9.06. The fourth-order valence-electron chi connectivity index (χ4n) is 2.84. The maximum atomic E-state index is 12.2. The van der Waals surface area contributed by atoms with E-state index >= 15 is 0 Å². The van der Waals surface area contributed by atoms with E-state index < -0.39 is 0 Å². The molecule has 19 heavy (non-hydrogen) atoms. The third-order valence-electron chi connectivity index (χ3n) is 4.17. The van der Waals surface area contributed by atoms with Gasteiger partial charge in [-0.05, 0) is 25.7 Å². The lowest BCUT2D eigenvalue weighted by Gasteiger charge is -2.35. The van der Waals surface area contributed by atoms with Crippen molar-refractivity contribution in [3.63, 3.8) is 0 Å². The smallest absolute Gasteiger partial charge is 0.236 e. The Morgan fingerprint density at radius 2 is 1.79 bits per heavy atom. The average Bonchev–Trinajstić information content (AvgIpc) is 2.41. The number of amides is 2. The third kappa shape index (κ3) is 3.91. The molecule has 0 aliphatic carbocycles. The Balaban J connectivity index is 1.80. The van der Waals surface area contributed by atoms with Crippen molar-refractivity contribution in [3.8, 4) is 0 Å². The second kappa shape index (κ2) is 6.34. The van der Waals surface area contributed by atoms with E-state index in [4.69, 9.17) is 11.5 Å². The molecular formula is C13H24N4O2. The molecule has 0 aromatic heterocycles. The molecule has 0 aromatic rings. The van der Waals surface area contributed by atoms with Gasteiger partial charge < -0.3 is 16.4 Å². The summed E-state index contributed by atoms with van der Waals surface area (Å²) < 4.78 is 0. The molecular weight excluding hydrogens is 244 g/mol. The molecule has 6 nitrogen and oxygen atoms in total. The third-order valence-corrected chi connectivity index (χ3v) is 4.17. The van der Waals surface area contributed by atoms with Crippen LogP contribution in [0.15, 0.2) is 0 Å². The van der Waals surface area contributed by atoms with Crippen LogP contribution < -0.4 is 11.5 Å². The number of carbonyl (C=O) groups excluding carboxylic acids is 2. The van der Waals surface area contributed by atoms with Gasteiger partial charge in [0.25, 0.3) is 0 Å². The summed E-state index contributed by atoms with van der Waals surface area (Å²) in [6.45, 7) is 3.45. The minimum Gasteiger partial charge on any atom is -0.369 e. The normalized spacial score (nSPS) is 26.4. The zero-order valence-corrected chi connectivity index (χ0v) is 11.4. The fraction of sp³-hybridized carbons (Fsp3) is 0.846. The summed E-state index contributed by atoms with van der Waals surface area (Å²) in [6.07, 6.45) is 3.58. The lowest BCUT2D eigenvalue weighted by Crippen LogP contribution is -2.49. The van der Waals surface area contributed by atoms with Crippen LogP contribution in [0.1, 0.15) is 25.7 Å². The molecule has 2 aliphatic rings. The van der Waals surface area contributed by atoms with Crippen LogP contribution in [0, 0.1) is 5.92 Å². The molecule has 0 spiro atoms. The van der Waals surface area contributed by atoms with E-state index in [1.165, 1.54) is 0 Å². The van der Waals surface area contributed by atoms with Gasteiger partial charge >= 0.3 is 0 Å². The topological polar surface area (TPSA) is 92.7 Å². The predicted molar refractivity (Wildman–Crippen MR) is 72.1 cm³/mol. The molecule has 2 amide bonds. The minimum absolute atomic E-state index is 0.112. The summed E-state index contributed by atoms with van der Waals surface area (Å²) in [6, 6.07) is 0.278. The molecule has 1 unspecified atom stereocenters. The molecule has 2 heterocycles. The van der Waals surface area contributed by atoms with Crippen molar-refractivity contribution in [2.75, 3.05) is 32.7 Å². The maximum Gasteiger partial charge on any atom is 0.236 e. The van der Waals surface area contributed by atoms with E-state index in [9.17, 15) is 9.59 Å². The van der Waals surface area contributed by atoms with Gasteiger partial charge in [0.1, 0.15) is 0 Å². The first-order valence-corrected chi connectivity index (χ1v) is 7.11. The van der Waals surface area contributed by atoms with Gasteiger partial charge in [-0.3, -0.25) is 14.5 Å². The van der Waals surface area contributed by atoms with Crippen LogP contribution >= 0.6 is 0 Å². The monoisotopic (exact) mass is 268 g/mol. The molecule has 2 fully saturated rings. The molecule has 6 heteroatoms. The fourth-order valence-corrected chi connectivity index (χ4v) is 2.84. The number of rotatable bonds is 3. The van der Waals surface area contributed by atoms with Gasteiger partial charge in [0.15, 0.2) is 0 Å². The first kappa shape index (κ1) is 14.3. The van der Waals surface area contributed by atoms with E-state index in [0.29, 0.717) is 13.1 Å². The summed E-state index contributed by atoms with van der Waals surface area (Å²) in [7, 11) is 0. The van der Waals surface area contributed by atoms with Gasteiger partial charge in [-0.25, -0.2) is 0 Å². The summed E-state index contributed by atoms with van der Waals surface area (Å²) in [5, 5.41) is 0. The second-order valence-electron chi connectivity index (χ2n) is 5.69. The van der Waals surface area contributed by atoms with Gasteiger partial charge in [0.05, 0.1) is 12.5 Å². The molecule has 4 N–H and O–H groups in total. The highest BCUT2D eigenvalue weighted by atomic mass is 16.2. The summed E-state index contributed by atoms with van der Waals surface area (Å²) >= 11 is 0. The maximum absolute atomic E-state index is 12.2. The van der Waals surface area contributed by atoms with Crippen LogP contribution in [-0.2, 0) is 9.59 Å². The number of likely N-dealkylation sites (tertiary alicyclic amines) is 2. The Kier molecular flexibility index (Phi) is 4.76. The standard InChI is InChI=1S/C13H24N4O2/c14-11-3-6-16(7-4-11)9-12(18)17-5-1-2-10(8-17)13(15)19/h10-11H,1-9,14H2,(H2,15,19). The molecule has 0 aromatic carbocycles. The van der Waals surface area contributed by atoms with Gasteiger partial charge in [0.2, 0.25) is 11.8 Å². The summed E-state index contributed by atoms with van der Waals surface area (Å²) in [5.74, 6) is -0.352. The van der Waals surface area contributed by atoms with Crippen molar-refractivity contribution in [1.29, 1.82) is 0 Å². The van der Waals surface area contributed by atoms with Crippen molar-refractivity contribution in [2.45, 2.75) is 31.7 Å². The Morgan fingerprint density at radius 1 is 1.11 bits per heavy atom. The Hall–Kier alpha value is -1.14. The highest BCUT2D eigenvalue weighted by molar-refractivity contribution is 5.81. The second-order valence-corrected chi connectivity index (χ2v) is 5.69. The zero-order valence-electron chi connectivity index (χ0n) is 11.4. The highest BCUT2D eigenvalue weighted by Crippen LogP contribution is 2.17. The van der Waals surface area contributed by atoms with E-state index in [1.54, 1.807) is 4.90 Å². The van der Waals surface area contributed by atoms with Crippen LogP contribution in [-0.4, -0.2) is 60.4 Å². The predicted octanol–water partition coefficient (Wildman–Crippen LogP) is -0.867. The van der Waals surface area contributed by atoms with Crippen molar-refractivity contribution >= 4 is 11.8 Å². The van der Waals surface area contributed by atoms with Crippen molar-refractivity contribution < 1.29 is 9.59 Å². The van der Waals surface area contributed by atoms with Gasteiger partial charge in [-0.2, -0.15) is 0 Å².